The first-order valence-corrected chi connectivity index (χ1v) is 4.07. The van der Waals surface area contributed by atoms with Crippen molar-refractivity contribution in [1.29, 1.82) is 0 Å². The molecular weight excluding hydrogens is 160 g/mol. The van der Waals surface area contributed by atoms with Crippen molar-refractivity contribution >= 4 is 6.09 Å². The van der Waals surface area contributed by atoms with Crippen LogP contribution in [0.3, 0.4) is 0 Å². The number of carbonyl (C=O) groups is 1. The molecule has 1 aliphatic rings. The van der Waals surface area contributed by atoms with Gasteiger partial charge in [0, 0.05) is 6.04 Å². The zero-order valence-corrected chi connectivity index (χ0v) is 6.82. The van der Waals surface area contributed by atoms with Gasteiger partial charge in [-0.3, -0.25) is 0 Å². The lowest BCUT2D eigenvalue weighted by Crippen LogP contribution is -2.38. The number of nitrogens with two attached hydrogens (primary N) is 1. The normalized spacial score (nSPS) is 29.8. The number of rotatable bonds is 2. The molecule has 12 heavy (non-hydrogen) atoms. The van der Waals surface area contributed by atoms with Gasteiger partial charge in [0.05, 0.1) is 6.10 Å². The Morgan fingerprint density at radius 3 is 2.42 bits per heavy atom. The molecule has 0 aromatic rings. The van der Waals surface area contributed by atoms with Crippen LogP contribution in [0.1, 0.15) is 25.7 Å². The minimum absolute atomic E-state index is 0.0777. The molecule has 1 saturated carbocycles. The third-order valence-electron chi connectivity index (χ3n) is 2.19. The summed E-state index contributed by atoms with van der Waals surface area (Å²) >= 11 is 0. The maximum absolute atomic E-state index is 10.3. The number of hydrogen-bond acceptors (Lipinski definition) is 3. The van der Waals surface area contributed by atoms with E-state index in [1.165, 1.54) is 0 Å². The van der Waals surface area contributed by atoms with Crippen LogP contribution < -0.4 is 11.2 Å². The average Bonchev–Trinajstić information content (AvgIpc) is 2.05. The predicted octanol–water partition coefficient (Wildman–Crippen LogP) is 0.455. The van der Waals surface area contributed by atoms with E-state index < -0.39 is 6.09 Å². The predicted molar refractivity (Wildman–Crippen MR) is 42.5 cm³/mol. The van der Waals surface area contributed by atoms with Crippen LogP contribution in [0.4, 0.5) is 4.79 Å². The highest BCUT2D eigenvalue weighted by Gasteiger charge is 2.21. The highest BCUT2D eigenvalue weighted by atomic mass is 16.6. The molecule has 0 atom stereocenters. The van der Waals surface area contributed by atoms with Gasteiger partial charge in [-0.15, -0.1) is 0 Å². The van der Waals surface area contributed by atoms with Crippen LogP contribution in [-0.2, 0) is 4.84 Å². The van der Waals surface area contributed by atoms with E-state index in [0.29, 0.717) is 0 Å². The van der Waals surface area contributed by atoms with Crippen molar-refractivity contribution in [2.45, 2.75) is 37.8 Å². The molecule has 1 fully saturated rings. The van der Waals surface area contributed by atoms with Crippen LogP contribution in [0, 0.1) is 0 Å². The van der Waals surface area contributed by atoms with Crippen LogP contribution >= 0.6 is 0 Å². The summed E-state index contributed by atoms with van der Waals surface area (Å²) < 4.78 is 0. The summed E-state index contributed by atoms with van der Waals surface area (Å²) in [6.07, 6.45) is 2.45. The van der Waals surface area contributed by atoms with Crippen molar-refractivity contribution in [2.75, 3.05) is 0 Å². The second-order valence-corrected chi connectivity index (χ2v) is 3.06. The monoisotopic (exact) mass is 174 g/mol. The van der Waals surface area contributed by atoms with E-state index >= 15 is 0 Å². The Morgan fingerprint density at radius 2 is 2.00 bits per heavy atom. The molecular formula is C7H14N2O3. The Morgan fingerprint density at radius 1 is 1.42 bits per heavy atom. The SMILES string of the molecule is NO[C@H]1CC[C@H](NC(=O)O)CC1. The quantitative estimate of drug-likeness (QED) is 0.531. The first kappa shape index (κ1) is 9.28. The molecule has 0 spiro atoms. The molecule has 4 N–H and O–H groups in total. The zero-order chi connectivity index (χ0) is 8.97. The van der Waals surface area contributed by atoms with E-state index in [2.05, 4.69) is 10.2 Å². The fourth-order valence-electron chi connectivity index (χ4n) is 1.52. The van der Waals surface area contributed by atoms with Crippen molar-refractivity contribution in [3.05, 3.63) is 0 Å². The van der Waals surface area contributed by atoms with Gasteiger partial charge in [0.15, 0.2) is 0 Å². The Hall–Kier alpha value is -0.810. The molecule has 1 amide bonds. The van der Waals surface area contributed by atoms with E-state index in [9.17, 15) is 4.79 Å². The largest absolute Gasteiger partial charge is 0.465 e. The van der Waals surface area contributed by atoms with E-state index in [1.54, 1.807) is 0 Å². The second-order valence-electron chi connectivity index (χ2n) is 3.06. The van der Waals surface area contributed by atoms with Crippen LogP contribution in [0.25, 0.3) is 0 Å². The lowest BCUT2D eigenvalue weighted by Gasteiger charge is -2.26. The molecule has 0 heterocycles. The summed E-state index contributed by atoms with van der Waals surface area (Å²) in [5.74, 6) is 5.01. The van der Waals surface area contributed by atoms with Gasteiger partial charge in [0.1, 0.15) is 0 Å². The minimum atomic E-state index is -0.952. The maximum Gasteiger partial charge on any atom is 0.404 e. The Kier molecular flexibility index (Phi) is 3.31. The van der Waals surface area contributed by atoms with Crippen molar-refractivity contribution in [1.82, 2.24) is 5.32 Å². The molecule has 0 saturated heterocycles. The minimum Gasteiger partial charge on any atom is -0.465 e. The smallest absolute Gasteiger partial charge is 0.404 e. The summed E-state index contributed by atoms with van der Waals surface area (Å²) in [5.41, 5.74) is 0. The highest BCUT2D eigenvalue weighted by Crippen LogP contribution is 2.19. The van der Waals surface area contributed by atoms with E-state index in [0.717, 1.165) is 25.7 Å². The van der Waals surface area contributed by atoms with Gasteiger partial charge in [0.25, 0.3) is 0 Å². The molecule has 0 radical (unpaired) electrons. The van der Waals surface area contributed by atoms with E-state index in [-0.39, 0.29) is 12.1 Å². The third kappa shape index (κ3) is 2.67. The van der Waals surface area contributed by atoms with Gasteiger partial charge in [-0.25, -0.2) is 10.7 Å². The van der Waals surface area contributed by atoms with Crippen molar-refractivity contribution in [3.63, 3.8) is 0 Å². The third-order valence-corrected chi connectivity index (χ3v) is 2.19. The van der Waals surface area contributed by atoms with Gasteiger partial charge in [-0.2, -0.15) is 0 Å². The van der Waals surface area contributed by atoms with Crippen molar-refractivity contribution in [3.8, 4) is 0 Å². The van der Waals surface area contributed by atoms with Gasteiger partial charge < -0.3 is 15.3 Å². The zero-order valence-electron chi connectivity index (χ0n) is 6.82. The standard InChI is InChI=1S/C7H14N2O3/c8-12-6-3-1-5(2-4-6)9-7(10)11/h5-6,9H,1-4,8H2,(H,10,11)/t5-,6-. The van der Waals surface area contributed by atoms with Crippen LogP contribution in [0.2, 0.25) is 0 Å². The lowest BCUT2D eigenvalue weighted by molar-refractivity contribution is 0.0220. The van der Waals surface area contributed by atoms with E-state index in [4.69, 9.17) is 11.0 Å². The fourth-order valence-corrected chi connectivity index (χ4v) is 1.52. The Bertz CT molecular complexity index is 155. The Labute approximate surface area is 70.8 Å². The molecule has 0 bridgehead atoms. The molecule has 0 aromatic heterocycles. The molecule has 5 heteroatoms. The molecule has 70 valence electrons. The topological polar surface area (TPSA) is 84.6 Å². The number of amides is 1. The molecule has 0 unspecified atom stereocenters. The fraction of sp³-hybridized carbons (Fsp3) is 0.857. The van der Waals surface area contributed by atoms with Crippen molar-refractivity contribution in [2.24, 2.45) is 5.90 Å². The lowest BCUT2D eigenvalue weighted by atomic mass is 9.93. The molecule has 1 aliphatic carbocycles. The van der Waals surface area contributed by atoms with Gasteiger partial charge in [-0.05, 0) is 25.7 Å². The molecule has 0 aromatic carbocycles. The summed E-state index contributed by atoms with van der Waals surface area (Å²) in [7, 11) is 0. The van der Waals surface area contributed by atoms with Crippen LogP contribution in [0.5, 0.6) is 0 Å². The van der Waals surface area contributed by atoms with E-state index in [1.807, 2.05) is 0 Å². The number of carboxylic acid groups (broad SMARTS) is 1. The van der Waals surface area contributed by atoms with Gasteiger partial charge in [-0.1, -0.05) is 0 Å². The maximum atomic E-state index is 10.3. The number of nitrogens with one attached hydrogen (secondary N) is 1. The molecule has 0 aliphatic heterocycles. The average molecular weight is 174 g/mol. The summed E-state index contributed by atoms with van der Waals surface area (Å²) in [5, 5.41) is 10.9. The number of hydrogen-bond donors (Lipinski definition) is 3. The van der Waals surface area contributed by atoms with Crippen LogP contribution in [-0.4, -0.2) is 23.3 Å². The summed E-state index contributed by atoms with van der Waals surface area (Å²) in [4.78, 5) is 14.9. The van der Waals surface area contributed by atoms with Crippen molar-refractivity contribution < 1.29 is 14.7 Å². The Balaban J connectivity index is 2.21. The van der Waals surface area contributed by atoms with Gasteiger partial charge in [0.2, 0.25) is 0 Å². The highest BCUT2D eigenvalue weighted by molar-refractivity contribution is 5.64. The van der Waals surface area contributed by atoms with Crippen LogP contribution in [0.15, 0.2) is 0 Å². The second kappa shape index (κ2) is 4.27. The first-order chi connectivity index (χ1) is 5.72. The molecule has 5 nitrogen and oxygen atoms in total. The van der Waals surface area contributed by atoms with Gasteiger partial charge >= 0.3 is 6.09 Å². The molecule has 1 rings (SSSR count). The summed E-state index contributed by atoms with van der Waals surface area (Å²) in [6.45, 7) is 0. The summed E-state index contributed by atoms with van der Waals surface area (Å²) in [6, 6.07) is 0.0777. The first-order valence-electron chi connectivity index (χ1n) is 4.07.